The van der Waals surface area contributed by atoms with Crippen molar-refractivity contribution in [2.75, 3.05) is 31.5 Å². The van der Waals surface area contributed by atoms with Gasteiger partial charge in [-0.1, -0.05) is 29.8 Å². The van der Waals surface area contributed by atoms with Crippen LogP contribution in [0.25, 0.3) is 0 Å². The standard InChI is InChI=1S/C22H27ClN4O4/c1-22(2,3)31-21(29)27-11-9-26(10-12-27)15-16-13-17(23)14-24-19(16)25-20(28)30-18-7-5-4-6-8-18/h4-8,13-14H,9-12,15H2,1-3H3,(H,24,25,28). The number of anilines is 1. The molecule has 9 heteroatoms. The summed E-state index contributed by atoms with van der Waals surface area (Å²) in [5, 5.41) is 3.16. The predicted molar refractivity (Wildman–Crippen MR) is 118 cm³/mol. The van der Waals surface area contributed by atoms with Gasteiger partial charge in [-0.2, -0.15) is 0 Å². The minimum Gasteiger partial charge on any atom is -0.444 e. The number of ether oxygens (including phenoxy) is 2. The number of nitrogens with one attached hydrogen (secondary N) is 1. The maximum Gasteiger partial charge on any atom is 0.418 e. The molecule has 2 amide bonds. The van der Waals surface area contributed by atoms with Crippen molar-refractivity contribution in [3.63, 3.8) is 0 Å². The van der Waals surface area contributed by atoms with Crippen LogP contribution in [0, 0.1) is 0 Å². The normalized spacial score (nSPS) is 14.8. The van der Waals surface area contributed by atoms with Crippen molar-refractivity contribution in [2.24, 2.45) is 0 Å². The van der Waals surface area contributed by atoms with Crippen LogP contribution in [0.15, 0.2) is 42.6 Å². The molecule has 8 nitrogen and oxygen atoms in total. The highest BCUT2D eigenvalue weighted by atomic mass is 35.5. The van der Waals surface area contributed by atoms with E-state index in [4.69, 9.17) is 21.1 Å². The molecule has 0 bridgehead atoms. The lowest BCUT2D eigenvalue weighted by atomic mass is 10.2. The molecule has 1 fully saturated rings. The highest BCUT2D eigenvalue weighted by molar-refractivity contribution is 6.30. The van der Waals surface area contributed by atoms with Gasteiger partial charge in [-0.25, -0.2) is 14.6 Å². The Hall–Kier alpha value is -2.84. The molecule has 0 spiro atoms. The number of rotatable bonds is 4. The summed E-state index contributed by atoms with van der Waals surface area (Å²) in [5.74, 6) is 0.827. The number of hydrogen-bond donors (Lipinski definition) is 1. The first-order chi connectivity index (χ1) is 14.7. The van der Waals surface area contributed by atoms with E-state index >= 15 is 0 Å². The molecule has 1 N–H and O–H groups in total. The number of amides is 2. The highest BCUT2D eigenvalue weighted by Crippen LogP contribution is 2.21. The van der Waals surface area contributed by atoms with Crippen LogP contribution in [0.2, 0.25) is 5.02 Å². The molecule has 31 heavy (non-hydrogen) atoms. The van der Waals surface area contributed by atoms with Crippen LogP contribution < -0.4 is 10.1 Å². The van der Waals surface area contributed by atoms with Crippen molar-refractivity contribution in [2.45, 2.75) is 32.9 Å². The summed E-state index contributed by atoms with van der Waals surface area (Å²) < 4.78 is 10.7. The third-order valence-corrected chi connectivity index (χ3v) is 4.73. The number of aromatic nitrogens is 1. The highest BCUT2D eigenvalue weighted by Gasteiger charge is 2.26. The number of benzene rings is 1. The van der Waals surface area contributed by atoms with E-state index < -0.39 is 11.7 Å². The molecule has 3 rings (SSSR count). The van der Waals surface area contributed by atoms with Gasteiger partial charge in [0.25, 0.3) is 0 Å². The van der Waals surface area contributed by atoms with Gasteiger partial charge in [0.15, 0.2) is 0 Å². The Kier molecular flexibility index (Phi) is 7.35. The van der Waals surface area contributed by atoms with Gasteiger partial charge in [-0.05, 0) is 39.0 Å². The first-order valence-electron chi connectivity index (χ1n) is 10.1. The summed E-state index contributed by atoms with van der Waals surface area (Å²) in [4.78, 5) is 32.6. The molecule has 2 heterocycles. The van der Waals surface area contributed by atoms with Crippen LogP contribution in [-0.2, 0) is 11.3 Å². The van der Waals surface area contributed by atoms with Gasteiger partial charge in [0, 0.05) is 44.5 Å². The summed E-state index contributed by atoms with van der Waals surface area (Å²) in [6.45, 7) is 8.53. The topological polar surface area (TPSA) is 84.0 Å². The van der Waals surface area contributed by atoms with E-state index in [9.17, 15) is 9.59 Å². The van der Waals surface area contributed by atoms with Gasteiger partial charge in [0.1, 0.15) is 17.2 Å². The second-order valence-corrected chi connectivity index (χ2v) is 8.67. The zero-order valence-electron chi connectivity index (χ0n) is 17.9. The van der Waals surface area contributed by atoms with Crippen LogP contribution in [0.4, 0.5) is 15.4 Å². The fraction of sp³-hybridized carbons (Fsp3) is 0.409. The molecule has 1 aliphatic rings. The van der Waals surface area contributed by atoms with Crippen molar-refractivity contribution in [1.29, 1.82) is 0 Å². The molecule has 0 unspecified atom stereocenters. The second kappa shape index (κ2) is 9.98. The third kappa shape index (κ3) is 7.11. The largest absolute Gasteiger partial charge is 0.444 e. The molecular formula is C22H27ClN4O4. The SMILES string of the molecule is CC(C)(C)OC(=O)N1CCN(Cc2cc(Cl)cnc2NC(=O)Oc2ccccc2)CC1. The van der Waals surface area contributed by atoms with E-state index in [1.807, 2.05) is 26.8 Å². The molecule has 0 aliphatic carbocycles. The van der Waals surface area contributed by atoms with Gasteiger partial charge in [0.05, 0.1) is 5.02 Å². The van der Waals surface area contributed by atoms with E-state index in [1.165, 1.54) is 6.20 Å². The fourth-order valence-electron chi connectivity index (χ4n) is 3.09. The molecule has 1 saturated heterocycles. The molecule has 0 radical (unpaired) electrons. The lowest BCUT2D eigenvalue weighted by molar-refractivity contribution is 0.0139. The minimum absolute atomic E-state index is 0.303. The summed E-state index contributed by atoms with van der Waals surface area (Å²) in [7, 11) is 0. The van der Waals surface area contributed by atoms with Gasteiger partial charge in [0.2, 0.25) is 0 Å². The second-order valence-electron chi connectivity index (χ2n) is 8.23. The zero-order valence-corrected chi connectivity index (χ0v) is 18.7. The maximum absolute atomic E-state index is 12.3. The van der Waals surface area contributed by atoms with Crippen LogP contribution in [-0.4, -0.2) is 58.8 Å². The number of halogens is 1. The Bertz CT molecular complexity index is 909. The predicted octanol–water partition coefficient (Wildman–Crippen LogP) is 4.40. The third-order valence-electron chi connectivity index (χ3n) is 4.53. The molecule has 0 saturated carbocycles. The number of piperazine rings is 1. The van der Waals surface area contributed by atoms with Crippen molar-refractivity contribution in [3.8, 4) is 5.75 Å². The van der Waals surface area contributed by atoms with Gasteiger partial charge >= 0.3 is 12.2 Å². The first-order valence-corrected chi connectivity index (χ1v) is 10.5. The quantitative estimate of drug-likeness (QED) is 0.749. The Morgan fingerprint density at radius 3 is 2.45 bits per heavy atom. The summed E-state index contributed by atoms with van der Waals surface area (Å²) >= 11 is 6.13. The summed E-state index contributed by atoms with van der Waals surface area (Å²) in [5.41, 5.74) is 0.249. The smallest absolute Gasteiger partial charge is 0.418 e. The molecule has 2 aromatic rings. The number of carbonyl (C=O) groups excluding carboxylic acids is 2. The zero-order chi connectivity index (χ0) is 22.4. The van der Waals surface area contributed by atoms with Gasteiger partial charge < -0.3 is 14.4 Å². The van der Waals surface area contributed by atoms with Gasteiger partial charge in [-0.3, -0.25) is 10.2 Å². The van der Waals surface area contributed by atoms with Crippen molar-refractivity contribution < 1.29 is 19.1 Å². The summed E-state index contributed by atoms with van der Waals surface area (Å²) in [6, 6.07) is 10.6. The fourth-order valence-corrected chi connectivity index (χ4v) is 3.27. The van der Waals surface area contributed by atoms with E-state index in [0.29, 0.717) is 49.3 Å². The van der Waals surface area contributed by atoms with Crippen LogP contribution >= 0.6 is 11.6 Å². The molecule has 1 aromatic heterocycles. The van der Waals surface area contributed by atoms with E-state index in [-0.39, 0.29) is 6.09 Å². The maximum atomic E-state index is 12.3. The lowest BCUT2D eigenvalue weighted by Gasteiger charge is -2.35. The van der Waals surface area contributed by atoms with E-state index in [0.717, 1.165) is 5.56 Å². The van der Waals surface area contributed by atoms with Crippen LogP contribution in [0.5, 0.6) is 5.75 Å². The average molecular weight is 447 g/mol. The number of nitrogens with zero attached hydrogens (tertiary/aromatic N) is 3. The lowest BCUT2D eigenvalue weighted by Crippen LogP contribution is -2.49. The monoisotopic (exact) mass is 446 g/mol. The Labute approximate surface area is 187 Å². The molecule has 1 aromatic carbocycles. The average Bonchev–Trinajstić information content (AvgIpc) is 2.70. The van der Waals surface area contributed by atoms with E-state index in [2.05, 4.69) is 15.2 Å². The van der Waals surface area contributed by atoms with Crippen molar-refractivity contribution in [3.05, 3.63) is 53.2 Å². The molecule has 0 atom stereocenters. The summed E-state index contributed by atoms with van der Waals surface area (Å²) in [6.07, 6.45) is 0.545. The van der Waals surface area contributed by atoms with Crippen molar-refractivity contribution >= 4 is 29.6 Å². The minimum atomic E-state index is -0.628. The van der Waals surface area contributed by atoms with Gasteiger partial charge in [-0.15, -0.1) is 0 Å². The van der Waals surface area contributed by atoms with Crippen LogP contribution in [0.1, 0.15) is 26.3 Å². The van der Waals surface area contributed by atoms with Crippen LogP contribution in [0.3, 0.4) is 0 Å². The number of hydrogen-bond acceptors (Lipinski definition) is 6. The Balaban J connectivity index is 1.59. The molecule has 1 aliphatic heterocycles. The number of para-hydroxylation sites is 1. The Morgan fingerprint density at radius 1 is 1.13 bits per heavy atom. The number of carbonyl (C=O) groups is 2. The number of pyridine rings is 1. The molecule has 166 valence electrons. The van der Waals surface area contributed by atoms with Crippen molar-refractivity contribution in [1.82, 2.24) is 14.8 Å². The Morgan fingerprint density at radius 2 is 1.81 bits per heavy atom. The molecular weight excluding hydrogens is 420 g/mol. The first kappa shape index (κ1) is 22.8. The van der Waals surface area contributed by atoms with E-state index in [1.54, 1.807) is 35.2 Å².